The Bertz CT molecular complexity index is 1180. The van der Waals surface area contributed by atoms with E-state index in [0.29, 0.717) is 25.7 Å². The lowest BCUT2D eigenvalue weighted by molar-refractivity contribution is -0.147. The number of rotatable bonds is 14. The monoisotopic (exact) mass is 639 g/mol. The second-order valence-electron chi connectivity index (χ2n) is 11.3. The third-order valence-corrected chi connectivity index (χ3v) is 8.05. The zero-order chi connectivity index (χ0) is 33.3. The van der Waals surface area contributed by atoms with Crippen molar-refractivity contribution in [1.29, 1.82) is 0 Å². The maximum absolute atomic E-state index is 13.3. The predicted octanol–water partition coefficient (Wildman–Crippen LogP) is -4.14. The first-order chi connectivity index (χ1) is 21.3. The molecule has 3 aliphatic rings. The summed E-state index contributed by atoms with van der Waals surface area (Å²) < 4.78 is 0. The molecule has 6 amide bonds. The van der Waals surface area contributed by atoms with E-state index in [4.69, 9.17) is 10.2 Å². The summed E-state index contributed by atoms with van der Waals surface area (Å²) in [6.45, 7) is 1.29. The summed E-state index contributed by atoms with van der Waals surface area (Å²) in [6.07, 6.45) is 2.10. The summed E-state index contributed by atoms with van der Waals surface area (Å²) in [5.41, 5.74) is 0. The normalized spacial score (nSPS) is 23.0. The topological polar surface area (TPSA) is 264 Å². The molecule has 3 fully saturated rings. The van der Waals surface area contributed by atoms with Crippen LogP contribution in [0.25, 0.3) is 0 Å². The van der Waals surface area contributed by atoms with Crippen LogP contribution in [0, 0.1) is 0 Å². The Morgan fingerprint density at radius 3 is 2.00 bits per heavy atom. The number of carboxylic acids is 2. The molecule has 3 aliphatic heterocycles. The summed E-state index contributed by atoms with van der Waals surface area (Å²) in [7, 11) is 0. The van der Waals surface area contributed by atoms with E-state index in [1.807, 2.05) is 5.32 Å². The van der Waals surface area contributed by atoms with Crippen molar-refractivity contribution in [2.75, 3.05) is 32.8 Å². The summed E-state index contributed by atoms with van der Waals surface area (Å²) in [5.74, 6) is -6.87. The van der Waals surface area contributed by atoms with Gasteiger partial charge in [-0.2, -0.15) is 0 Å². The lowest BCUT2D eigenvalue weighted by atomic mass is 10.1. The van der Waals surface area contributed by atoms with Crippen molar-refractivity contribution in [2.24, 2.45) is 0 Å². The van der Waals surface area contributed by atoms with Gasteiger partial charge in [0.1, 0.15) is 30.2 Å². The smallest absolute Gasteiger partial charge is 0.326 e. The third-order valence-electron chi connectivity index (χ3n) is 8.05. The Hall–Kier alpha value is -4.32. The number of nitrogens with one attached hydrogen (secondary N) is 5. The minimum absolute atomic E-state index is 0.118. The Balaban J connectivity index is 1.55. The Morgan fingerprint density at radius 2 is 1.42 bits per heavy atom. The molecular formula is C27H41N7O11. The van der Waals surface area contributed by atoms with Crippen molar-refractivity contribution in [1.82, 2.24) is 36.4 Å². The van der Waals surface area contributed by atoms with Crippen LogP contribution in [0.1, 0.15) is 51.9 Å². The molecule has 45 heavy (non-hydrogen) atoms. The second-order valence-corrected chi connectivity index (χ2v) is 11.3. The van der Waals surface area contributed by atoms with Gasteiger partial charge in [-0.15, -0.1) is 0 Å². The maximum atomic E-state index is 13.3. The average Bonchev–Trinajstić information content (AvgIpc) is 3.79. The van der Waals surface area contributed by atoms with Gasteiger partial charge in [-0.1, -0.05) is 0 Å². The summed E-state index contributed by atoms with van der Waals surface area (Å²) in [4.78, 5) is 102. The summed E-state index contributed by atoms with van der Waals surface area (Å²) in [5, 5.41) is 40.5. The quantitative estimate of drug-likeness (QED) is 0.0901. The summed E-state index contributed by atoms with van der Waals surface area (Å²) >= 11 is 0. The van der Waals surface area contributed by atoms with Crippen LogP contribution in [-0.2, 0) is 38.4 Å². The van der Waals surface area contributed by atoms with E-state index < -0.39 is 84.7 Å². The number of carbonyl (C=O) groups is 8. The van der Waals surface area contributed by atoms with Gasteiger partial charge in [-0.05, 0) is 52.0 Å². The van der Waals surface area contributed by atoms with Gasteiger partial charge in [0.15, 0.2) is 0 Å². The number of aliphatic hydroxyl groups is 1. The molecule has 0 aromatic rings. The van der Waals surface area contributed by atoms with Crippen LogP contribution in [-0.4, -0.2) is 142 Å². The minimum atomic E-state index is -1.72. The molecule has 8 N–H and O–H groups in total. The molecule has 0 radical (unpaired) electrons. The van der Waals surface area contributed by atoms with Crippen molar-refractivity contribution < 1.29 is 53.7 Å². The van der Waals surface area contributed by atoms with Crippen LogP contribution in [0.4, 0.5) is 0 Å². The maximum Gasteiger partial charge on any atom is 0.326 e. The number of aliphatic carboxylic acids is 2. The number of nitrogens with zero attached hydrogens (tertiary/aromatic N) is 2. The molecule has 3 rings (SSSR count). The highest BCUT2D eigenvalue weighted by Gasteiger charge is 2.41. The van der Waals surface area contributed by atoms with Crippen molar-refractivity contribution >= 4 is 47.4 Å². The summed E-state index contributed by atoms with van der Waals surface area (Å²) in [6, 6.07) is -6.76. The number of hydrogen-bond donors (Lipinski definition) is 8. The fraction of sp³-hybridized carbons (Fsp3) is 0.704. The van der Waals surface area contributed by atoms with Gasteiger partial charge in [-0.25, -0.2) is 4.79 Å². The molecule has 3 heterocycles. The van der Waals surface area contributed by atoms with Crippen LogP contribution in [0.15, 0.2) is 0 Å². The highest BCUT2D eigenvalue weighted by Crippen LogP contribution is 2.21. The van der Waals surface area contributed by atoms with Crippen molar-refractivity contribution in [3.63, 3.8) is 0 Å². The first-order valence-corrected chi connectivity index (χ1v) is 14.9. The fourth-order valence-corrected chi connectivity index (χ4v) is 5.64. The van der Waals surface area contributed by atoms with Crippen LogP contribution in [0.3, 0.4) is 0 Å². The second kappa shape index (κ2) is 16.1. The Labute approximate surface area is 258 Å². The van der Waals surface area contributed by atoms with Crippen LogP contribution in [0.2, 0.25) is 0 Å². The van der Waals surface area contributed by atoms with Gasteiger partial charge >= 0.3 is 11.9 Å². The molecular weight excluding hydrogens is 598 g/mol. The zero-order valence-electron chi connectivity index (χ0n) is 25.0. The van der Waals surface area contributed by atoms with Crippen molar-refractivity contribution in [3.8, 4) is 0 Å². The molecule has 0 saturated carbocycles. The molecule has 0 aromatic heterocycles. The number of aliphatic hydroxyl groups excluding tert-OH is 1. The van der Waals surface area contributed by atoms with Gasteiger partial charge < -0.3 is 51.7 Å². The number of amides is 6. The zero-order valence-corrected chi connectivity index (χ0v) is 25.0. The highest BCUT2D eigenvalue weighted by atomic mass is 16.4. The number of likely N-dealkylation sites (tertiary alicyclic amines) is 2. The van der Waals surface area contributed by atoms with Crippen LogP contribution < -0.4 is 26.6 Å². The van der Waals surface area contributed by atoms with Gasteiger partial charge in [0.25, 0.3) is 0 Å². The molecule has 0 aliphatic carbocycles. The Morgan fingerprint density at radius 1 is 0.800 bits per heavy atom. The molecule has 18 nitrogen and oxygen atoms in total. The highest BCUT2D eigenvalue weighted by molar-refractivity contribution is 5.97. The molecule has 3 saturated heterocycles. The lowest BCUT2D eigenvalue weighted by Gasteiger charge is -2.30. The first-order valence-electron chi connectivity index (χ1n) is 14.9. The molecule has 0 spiro atoms. The van der Waals surface area contributed by atoms with Gasteiger partial charge in [0, 0.05) is 13.1 Å². The van der Waals surface area contributed by atoms with E-state index in [1.54, 1.807) is 0 Å². The first kappa shape index (κ1) is 35.2. The van der Waals surface area contributed by atoms with Gasteiger partial charge in [0.05, 0.1) is 25.6 Å². The van der Waals surface area contributed by atoms with E-state index in [1.165, 1.54) is 11.8 Å². The molecule has 0 bridgehead atoms. The fourth-order valence-electron chi connectivity index (χ4n) is 5.64. The number of carbonyl (C=O) groups excluding carboxylic acids is 6. The largest absolute Gasteiger partial charge is 0.481 e. The number of carboxylic acid groups (broad SMARTS) is 2. The molecule has 0 unspecified atom stereocenters. The van der Waals surface area contributed by atoms with Crippen LogP contribution >= 0.6 is 0 Å². The van der Waals surface area contributed by atoms with Crippen molar-refractivity contribution in [3.05, 3.63) is 0 Å². The van der Waals surface area contributed by atoms with E-state index in [9.17, 15) is 43.5 Å². The van der Waals surface area contributed by atoms with E-state index in [-0.39, 0.29) is 38.0 Å². The van der Waals surface area contributed by atoms with Gasteiger partial charge in [0.2, 0.25) is 35.4 Å². The van der Waals surface area contributed by atoms with E-state index in [2.05, 4.69) is 21.3 Å². The van der Waals surface area contributed by atoms with Crippen molar-refractivity contribution in [2.45, 2.75) is 88.1 Å². The molecule has 6 atom stereocenters. The molecule has 250 valence electrons. The third kappa shape index (κ3) is 9.34. The SMILES string of the molecule is C[C@H](NC(=O)[C@@H]1CCCN1C(=O)[C@H](CO)NC(=O)[C@@H]1CCCN1C(=O)CNC(=O)[C@@H]1CCCN1)C(=O)N[C@@H](CC(=O)O)C(=O)O. The average molecular weight is 640 g/mol. The number of hydrogen-bond acceptors (Lipinski definition) is 10. The Kier molecular flexibility index (Phi) is 12.6. The van der Waals surface area contributed by atoms with E-state index >= 15 is 0 Å². The van der Waals surface area contributed by atoms with Crippen LogP contribution in [0.5, 0.6) is 0 Å². The molecule has 0 aromatic carbocycles. The lowest BCUT2D eigenvalue weighted by Crippen LogP contribution is -2.59. The standard InChI is InChI=1S/C27H41N7O11/c1-14(22(39)31-16(27(44)45)11-21(37)38)30-24(41)19-7-4-10-34(19)26(43)17(13-35)32-25(42)18-6-3-9-33(18)20(36)12-29-23(40)15-5-2-8-28-15/h14-19,28,35H,2-13H2,1H3,(H,29,40)(H,30,41)(H,31,39)(H,32,42)(H,37,38)(H,44,45)/t14-,15-,16-,17-,18-,19-/m0/s1. The van der Waals surface area contributed by atoms with Gasteiger partial charge in [-0.3, -0.25) is 33.6 Å². The predicted molar refractivity (Wildman–Crippen MR) is 152 cm³/mol. The molecule has 18 heteroatoms. The minimum Gasteiger partial charge on any atom is -0.481 e. The van der Waals surface area contributed by atoms with E-state index in [0.717, 1.165) is 17.9 Å².